The van der Waals surface area contributed by atoms with Crippen molar-refractivity contribution in [2.45, 2.75) is 19.9 Å². The number of nitrogens with zero attached hydrogens (tertiary/aromatic N) is 3. The summed E-state index contributed by atoms with van der Waals surface area (Å²) in [5, 5.41) is 0. The Morgan fingerprint density at radius 2 is 2.16 bits per heavy atom. The fourth-order valence-electron chi connectivity index (χ4n) is 4.62. The maximum absolute atomic E-state index is 14.1. The summed E-state index contributed by atoms with van der Waals surface area (Å²) in [4.78, 5) is 23.5. The van der Waals surface area contributed by atoms with Gasteiger partial charge in [0.15, 0.2) is 0 Å². The number of carbonyl (C=O) groups excluding carboxylic acids is 1. The van der Waals surface area contributed by atoms with Crippen LogP contribution in [0.5, 0.6) is 11.6 Å². The molecular formula is C23H22FN3O4. The molecule has 0 unspecified atom stereocenters. The van der Waals surface area contributed by atoms with E-state index in [1.54, 1.807) is 42.5 Å². The molecule has 1 amide bonds. The van der Waals surface area contributed by atoms with E-state index in [1.165, 1.54) is 12.1 Å². The SMILES string of the molecule is Cc1cc(C(=O)N2C[C@@H](COc3cnccn3)[C@@H]3COc4ccc(F)cc4[C@@H]32)c(C)o1. The number of fused-ring (bicyclic) bond motifs is 3. The van der Waals surface area contributed by atoms with Gasteiger partial charge in [0.25, 0.3) is 5.91 Å². The zero-order chi connectivity index (χ0) is 21.5. The van der Waals surface area contributed by atoms with Crippen LogP contribution in [-0.4, -0.2) is 40.5 Å². The van der Waals surface area contributed by atoms with E-state index in [0.29, 0.717) is 54.0 Å². The summed E-state index contributed by atoms with van der Waals surface area (Å²) in [6.45, 7) is 4.82. The van der Waals surface area contributed by atoms with Crippen molar-refractivity contribution >= 4 is 5.91 Å². The van der Waals surface area contributed by atoms with Crippen LogP contribution in [0.1, 0.15) is 33.5 Å². The second kappa shape index (κ2) is 7.68. The summed E-state index contributed by atoms with van der Waals surface area (Å²) < 4.78 is 31.5. The van der Waals surface area contributed by atoms with Crippen LogP contribution < -0.4 is 9.47 Å². The van der Waals surface area contributed by atoms with Crippen molar-refractivity contribution in [3.63, 3.8) is 0 Å². The third-order valence-electron chi connectivity index (χ3n) is 6.02. The number of carbonyl (C=O) groups is 1. The number of aromatic nitrogens is 2. The van der Waals surface area contributed by atoms with Crippen LogP contribution in [0.15, 0.2) is 47.3 Å². The van der Waals surface area contributed by atoms with Crippen LogP contribution in [0.2, 0.25) is 0 Å². The number of amides is 1. The van der Waals surface area contributed by atoms with Crippen LogP contribution in [0.25, 0.3) is 0 Å². The number of hydrogen-bond acceptors (Lipinski definition) is 6. The first-order valence-corrected chi connectivity index (χ1v) is 10.2. The molecular weight excluding hydrogens is 401 g/mol. The molecule has 160 valence electrons. The van der Waals surface area contributed by atoms with Gasteiger partial charge in [0.05, 0.1) is 31.0 Å². The van der Waals surface area contributed by atoms with Crippen LogP contribution in [0.4, 0.5) is 4.39 Å². The maximum atomic E-state index is 14.1. The van der Waals surface area contributed by atoms with Gasteiger partial charge >= 0.3 is 0 Å². The Morgan fingerprint density at radius 1 is 1.29 bits per heavy atom. The van der Waals surface area contributed by atoms with Gasteiger partial charge in [-0.3, -0.25) is 9.78 Å². The molecule has 2 aliphatic rings. The van der Waals surface area contributed by atoms with Crippen molar-refractivity contribution in [3.8, 4) is 11.6 Å². The number of furan rings is 1. The molecule has 0 saturated carbocycles. The number of ether oxygens (including phenoxy) is 2. The largest absolute Gasteiger partial charge is 0.493 e. The van der Waals surface area contributed by atoms with E-state index in [1.807, 2.05) is 6.92 Å². The van der Waals surface area contributed by atoms with E-state index in [4.69, 9.17) is 13.9 Å². The van der Waals surface area contributed by atoms with Crippen LogP contribution >= 0.6 is 0 Å². The van der Waals surface area contributed by atoms with E-state index in [-0.39, 0.29) is 29.6 Å². The van der Waals surface area contributed by atoms with Crippen molar-refractivity contribution < 1.29 is 23.1 Å². The molecule has 7 nitrogen and oxygen atoms in total. The number of hydrogen-bond donors (Lipinski definition) is 0. The van der Waals surface area contributed by atoms with E-state index < -0.39 is 0 Å². The minimum absolute atomic E-state index is 0.0133. The zero-order valence-corrected chi connectivity index (χ0v) is 17.2. The molecule has 1 fully saturated rings. The average molecular weight is 423 g/mol. The van der Waals surface area contributed by atoms with Gasteiger partial charge in [0.2, 0.25) is 5.88 Å². The van der Waals surface area contributed by atoms with Crippen LogP contribution in [0, 0.1) is 31.5 Å². The molecule has 1 aromatic carbocycles. The summed E-state index contributed by atoms with van der Waals surface area (Å²) in [5.74, 6) is 1.74. The molecule has 8 heteroatoms. The summed E-state index contributed by atoms with van der Waals surface area (Å²) in [6, 6.07) is 5.91. The molecule has 2 aliphatic heterocycles. The van der Waals surface area contributed by atoms with E-state index in [0.717, 1.165) is 0 Å². The molecule has 3 atom stereocenters. The lowest BCUT2D eigenvalue weighted by Crippen LogP contribution is -2.35. The minimum Gasteiger partial charge on any atom is -0.493 e. The lowest BCUT2D eigenvalue weighted by Gasteiger charge is -2.34. The molecule has 1 saturated heterocycles. The molecule has 0 spiro atoms. The summed E-state index contributed by atoms with van der Waals surface area (Å²) >= 11 is 0. The van der Waals surface area contributed by atoms with Crippen LogP contribution in [0.3, 0.4) is 0 Å². The number of likely N-dealkylation sites (tertiary alicyclic amines) is 1. The standard InChI is InChI=1S/C23H22FN3O4/c1-13-7-17(14(2)31-13)23(28)27-10-15(11-30-21-9-25-5-6-26-21)19-12-29-20-4-3-16(24)8-18(20)22(19)27/h3-9,15,19,22H,10-12H2,1-2H3/t15-,19-,22-/m0/s1. The first-order chi connectivity index (χ1) is 15.0. The van der Waals surface area contributed by atoms with E-state index in [2.05, 4.69) is 9.97 Å². The molecule has 31 heavy (non-hydrogen) atoms. The van der Waals surface area contributed by atoms with Gasteiger partial charge in [-0.1, -0.05) is 0 Å². The summed E-state index contributed by atoms with van der Waals surface area (Å²) in [5.41, 5.74) is 1.21. The smallest absolute Gasteiger partial charge is 0.257 e. The number of rotatable bonds is 4. The lowest BCUT2D eigenvalue weighted by atomic mass is 9.85. The second-order valence-electron chi connectivity index (χ2n) is 8.00. The molecule has 5 rings (SSSR count). The first kappa shape index (κ1) is 19.5. The van der Waals surface area contributed by atoms with Gasteiger partial charge in [-0.2, -0.15) is 0 Å². The lowest BCUT2D eigenvalue weighted by molar-refractivity contribution is 0.0672. The molecule has 3 aromatic rings. The number of halogens is 1. The maximum Gasteiger partial charge on any atom is 0.257 e. The fourth-order valence-corrected chi connectivity index (χ4v) is 4.62. The van der Waals surface area contributed by atoms with Gasteiger partial charge in [0, 0.05) is 36.3 Å². The predicted molar refractivity (Wildman–Crippen MR) is 108 cm³/mol. The third-order valence-corrected chi connectivity index (χ3v) is 6.02. The molecule has 2 aromatic heterocycles. The zero-order valence-electron chi connectivity index (χ0n) is 17.2. The fraction of sp³-hybridized carbons (Fsp3) is 0.348. The van der Waals surface area contributed by atoms with Crippen molar-refractivity contribution in [3.05, 3.63) is 71.3 Å². The number of aryl methyl sites for hydroxylation is 2. The van der Waals surface area contributed by atoms with E-state index in [9.17, 15) is 9.18 Å². The highest BCUT2D eigenvalue weighted by Gasteiger charge is 2.49. The van der Waals surface area contributed by atoms with Gasteiger partial charge in [0.1, 0.15) is 23.1 Å². The Morgan fingerprint density at radius 3 is 2.90 bits per heavy atom. The summed E-state index contributed by atoms with van der Waals surface area (Å²) in [7, 11) is 0. The molecule has 0 N–H and O–H groups in total. The van der Waals surface area contributed by atoms with Crippen molar-refractivity contribution in [2.24, 2.45) is 11.8 Å². The third kappa shape index (κ3) is 3.52. The minimum atomic E-state index is -0.356. The van der Waals surface area contributed by atoms with Gasteiger partial charge in [-0.15, -0.1) is 0 Å². The van der Waals surface area contributed by atoms with Crippen LogP contribution in [-0.2, 0) is 0 Å². The topological polar surface area (TPSA) is 77.7 Å². The van der Waals surface area contributed by atoms with Crippen molar-refractivity contribution in [1.82, 2.24) is 14.9 Å². The predicted octanol–water partition coefficient (Wildman–Crippen LogP) is 3.73. The van der Waals surface area contributed by atoms with Gasteiger partial charge < -0.3 is 18.8 Å². The highest BCUT2D eigenvalue weighted by molar-refractivity contribution is 5.96. The molecule has 4 heterocycles. The second-order valence-corrected chi connectivity index (χ2v) is 8.00. The van der Waals surface area contributed by atoms with Gasteiger partial charge in [-0.05, 0) is 38.1 Å². The molecule has 0 aliphatic carbocycles. The van der Waals surface area contributed by atoms with Crippen molar-refractivity contribution in [1.29, 1.82) is 0 Å². The average Bonchev–Trinajstić information content (AvgIpc) is 3.32. The summed E-state index contributed by atoms with van der Waals surface area (Å²) in [6.07, 6.45) is 4.69. The highest BCUT2D eigenvalue weighted by Crippen LogP contribution is 2.48. The van der Waals surface area contributed by atoms with E-state index >= 15 is 0 Å². The van der Waals surface area contributed by atoms with Crippen molar-refractivity contribution in [2.75, 3.05) is 19.8 Å². The Bertz CT molecular complexity index is 1120. The first-order valence-electron chi connectivity index (χ1n) is 10.2. The Kier molecular flexibility index (Phi) is 4.84. The molecule has 0 radical (unpaired) electrons. The van der Waals surface area contributed by atoms with Gasteiger partial charge in [-0.25, -0.2) is 9.37 Å². The Labute approximate surface area is 178 Å². The quantitative estimate of drug-likeness (QED) is 0.636. The monoisotopic (exact) mass is 423 g/mol. The highest BCUT2D eigenvalue weighted by atomic mass is 19.1. The Balaban J connectivity index is 1.48. The normalized spacial score (nSPS) is 21.9. The molecule has 0 bridgehead atoms. The number of benzene rings is 1. The Hall–Kier alpha value is -3.42.